The second-order valence-corrected chi connectivity index (χ2v) is 6.14. The maximum Gasteiger partial charge on any atom is 0.245 e. The maximum absolute atomic E-state index is 12.5. The zero-order valence-corrected chi connectivity index (χ0v) is 13.7. The van der Waals surface area contributed by atoms with Crippen LogP contribution in [0, 0.1) is 0 Å². The van der Waals surface area contributed by atoms with Crippen LogP contribution in [0.2, 0.25) is 0 Å². The van der Waals surface area contributed by atoms with Gasteiger partial charge in [0.15, 0.2) is 0 Å². The summed E-state index contributed by atoms with van der Waals surface area (Å²) in [6.07, 6.45) is 1.46. The Morgan fingerprint density at radius 3 is 2.50 bits per heavy atom. The SMILES string of the molecule is CN(C)CCCN1C(=O)CN(C)C(=O)[C@H]1Cc1ccccc1. The summed E-state index contributed by atoms with van der Waals surface area (Å²) in [5.41, 5.74) is 1.08. The first-order chi connectivity index (χ1) is 10.5. The lowest BCUT2D eigenvalue weighted by Crippen LogP contribution is -2.59. The van der Waals surface area contributed by atoms with Crippen LogP contribution in [0.25, 0.3) is 0 Å². The summed E-state index contributed by atoms with van der Waals surface area (Å²) in [4.78, 5) is 30.2. The normalized spacial score (nSPS) is 19.2. The van der Waals surface area contributed by atoms with Crippen molar-refractivity contribution in [3.8, 4) is 0 Å². The number of hydrogen-bond acceptors (Lipinski definition) is 3. The van der Waals surface area contributed by atoms with E-state index in [9.17, 15) is 9.59 Å². The minimum Gasteiger partial charge on any atom is -0.335 e. The molecular weight excluding hydrogens is 278 g/mol. The van der Waals surface area contributed by atoms with E-state index in [2.05, 4.69) is 4.90 Å². The molecule has 0 radical (unpaired) electrons. The summed E-state index contributed by atoms with van der Waals surface area (Å²) in [6.45, 7) is 1.73. The highest BCUT2D eigenvalue weighted by molar-refractivity contribution is 5.94. The van der Waals surface area contributed by atoms with Crippen molar-refractivity contribution >= 4 is 11.8 Å². The molecule has 2 amide bonds. The van der Waals surface area contributed by atoms with Crippen molar-refractivity contribution < 1.29 is 9.59 Å². The Hall–Kier alpha value is -1.88. The lowest BCUT2D eigenvalue weighted by atomic mass is 10.0. The number of rotatable bonds is 6. The molecule has 2 rings (SSSR count). The second kappa shape index (κ2) is 7.40. The molecule has 5 nitrogen and oxygen atoms in total. The van der Waals surface area contributed by atoms with Gasteiger partial charge < -0.3 is 14.7 Å². The third-order valence-electron chi connectivity index (χ3n) is 4.01. The van der Waals surface area contributed by atoms with Gasteiger partial charge in [-0.3, -0.25) is 9.59 Å². The lowest BCUT2D eigenvalue weighted by Gasteiger charge is -2.39. The zero-order valence-electron chi connectivity index (χ0n) is 13.7. The standard InChI is InChI=1S/C17H25N3O2/c1-18(2)10-7-11-20-15(12-14-8-5-4-6-9-14)17(22)19(3)13-16(20)21/h4-6,8-9,15H,7,10-13H2,1-3H3/t15-/m1/s1. The van der Waals surface area contributed by atoms with Crippen LogP contribution in [-0.4, -0.2) is 73.3 Å². The minimum absolute atomic E-state index is 0.0355. The van der Waals surface area contributed by atoms with Crippen molar-refractivity contribution in [3.63, 3.8) is 0 Å². The van der Waals surface area contributed by atoms with Crippen molar-refractivity contribution in [2.24, 2.45) is 0 Å². The molecule has 0 saturated carbocycles. The van der Waals surface area contributed by atoms with Crippen LogP contribution in [0.4, 0.5) is 0 Å². The molecule has 22 heavy (non-hydrogen) atoms. The summed E-state index contributed by atoms with van der Waals surface area (Å²) in [5, 5.41) is 0. The van der Waals surface area contributed by atoms with Gasteiger partial charge in [-0.15, -0.1) is 0 Å². The highest BCUT2D eigenvalue weighted by atomic mass is 16.2. The Morgan fingerprint density at radius 2 is 1.86 bits per heavy atom. The number of carbonyl (C=O) groups excluding carboxylic acids is 2. The van der Waals surface area contributed by atoms with E-state index >= 15 is 0 Å². The van der Waals surface area contributed by atoms with E-state index in [1.54, 1.807) is 16.8 Å². The van der Waals surface area contributed by atoms with Crippen LogP contribution >= 0.6 is 0 Å². The second-order valence-electron chi connectivity index (χ2n) is 6.14. The number of piperazine rings is 1. The van der Waals surface area contributed by atoms with Crippen molar-refractivity contribution in [1.29, 1.82) is 0 Å². The zero-order chi connectivity index (χ0) is 16.1. The first-order valence-corrected chi connectivity index (χ1v) is 7.72. The lowest BCUT2D eigenvalue weighted by molar-refractivity contribution is -0.154. The predicted molar refractivity (Wildman–Crippen MR) is 86.5 cm³/mol. The third kappa shape index (κ3) is 4.07. The molecule has 0 N–H and O–H groups in total. The molecule has 1 aliphatic heterocycles. The van der Waals surface area contributed by atoms with Gasteiger partial charge >= 0.3 is 0 Å². The van der Waals surface area contributed by atoms with E-state index in [0.29, 0.717) is 13.0 Å². The fraction of sp³-hybridized carbons (Fsp3) is 0.529. The Kier molecular flexibility index (Phi) is 5.55. The van der Waals surface area contributed by atoms with Crippen LogP contribution in [-0.2, 0) is 16.0 Å². The van der Waals surface area contributed by atoms with Crippen molar-refractivity contribution in [2.45, 2.75) is 18.9 Å². The van der Waals surface area contributed by atoms with E-state index < -0.39 is 0 Å². The van der Waals surface area contributed by atoms with E-state index in [0.717, 1.165) is 18.5 Å². The number of amides is 2. The molecule has 1 heterocycles. The number of nitrogens with zero attached hydrogens (tertiary/aromatic N) is 3. The highest BCUT2D eigenvalue weighted by Crippen LogP contribution is 2.17. The molecule has 1 fully saturated rings. The van der Waals surface area contributed by atoms with Crippen LogP contribution < -0.4 is 0 Å². The number of hydrogen-bond donors (Lipinski definition) is 0. The fourth-order valence-corrected chi connectivity index (χ4v) is 2.81. The average molecular weight is 303 g/mol. The van der Waals surface area contributed by atoms with Gasteiger partial charge in [0, 0.05) is 20.0 Å². The summed E-state index contributed by atoms with van der Waals surface area (Å²) in [7, 11) is 5.73. The molecule has 1 saturated heterocycles. The van der Waals surface area contributed by atoms with Gasteiger partial charge in [-0.2, -0.15) is 0 Å². The van der Waals surface area contributed by atoms with Gasteiger partial charge in [0.25, 0.3) is 0 Å². The van der Waals surface area contributed by atoms with Crippen molar-refractivity contribution in [3.05, 3.63) is 35.9 Å². The molecule has 0 unspecified atom stereocenters. The van der Waals surface area contributed by atoms with Gasteiger partial charge in [0.2, 0.25) is 11.8 Å². The van der Waals surface area contributed by atoms with Crippen LogP contribution in [0.3, 0.4) is 0 Å². The van der Waals surface area contributed by atoms with Gasteiger partial charge in [-0.25, -0.2) is 0 Å². The molecule has 1 aliphatic rings. The summed E-state index contributed by atoms with van der Waals surface area (Å²) in [5.74, 6) is 0.0788. The van der Waals surface area contributed by atoms with Gasteiger partial charge in [-0.05, 0) is 32.6 Å². The molecule has 0 bridgehead atoms. The quantitative estimate of drug-likeness (QED) is 0.782. The van der Waals surface area contributed by atoms with Gasteiger partial charge in [-0.1, -0.05) is 30.3 Å². The monoisotopic (exact) mass is 303 g/mol. The smallest absolute Gasteiger partial charge is 0.245 e. The first kappa shape index (κ1) is 16.5. The van der Waals surface area contributed by atoms with Gasteiger partial charge in [0.1, 0.15) is 6.04 Å². The highest BCUT2D eigenvalue weighted by Gasteiger charge is 2.37. The van der Waals surface area contributed by atoms with E-state index in [4.69, 9.17) is 0 Å². The molecule has 120 valence electrons. The molecule has 1 aromatic carbocycles. The topological polar surface area (TPSA) is 43.9 Å². The fourth-order valence-electron chi connectivity index (χ4n) is 2.81. The van der Waals surface area contributed by atoms with Crippen molar-refractivity contribution in [2.75, 3.05) is 40.8 Å². The Bertz CT molecular complexity index is 516. The van der Waals surface area contributed by atoms with Crippen molar-refractivity contribution in [1.82, 2.24) is 14.7 Å². The maximum atomic E-state index is 12.5. The summed E-state index contributed by atoms with van der Waals surface area (Å²) < 4.78 is 0. The molecule has 1 aromatic rings. The summed E-state index contributed by atoms with van der Waals surface area (Å²) >= 11 is 0. The summed E-state index contributed by atoms with van der Waals surface area (Å²) in [6, 6.07) is 9.51. The average Bonchev–Trinajstić information content (AvgIpc) is 2.48. The Balaban J connectivity index is 2.11. The minimum atomic E-state index is -0.379. The first-order valence-electron chi connectivity index (χ1n) is 7.72. The molecule has 0 aliphatic carbocycles. The van der Waals surface area contributed by atoms with Crippen LogP contribution in [0.15, 0.2) is 30.3 Å². The van der Waals surface area contributed by atoms with E-state index in [1.807, 2.05) is 44.4 Å². The largest absolute Gasteiger partial charge is 0.335 e. The van der Waals surface area contributed by atoms with E-state index in [1.165, 1.54) is 0 Å². The number of carbonyl (C=O) groups is 2. The number of likely N-dealkylation sites (N-methyl/N-ethyl adjacent to an activating group) is 1. The molecule has 0 spiro atoms. The number of benzene rings is 1. The molecule has 1 atom stereocenters. The molecule has 5 heteroatoms. The third-order valence-corrected chi connectivity index (χ3v) is 4.01. The van der Waals surface area contributed by atoms with Crippen LogP contribution in [0.1, 0.15) is 12.0 Å². The van der Waals surface area contributed by atoms with E-state index in [-0.39, 0.29) is 24.4 Å². The molecule has 0 aromatic heterocycles. The predicted octanol–water partition coefficient (Wildman–Crippen LogP) is 0.850. The van der Waals surface area contributed by atoms with Gasteiger partial charge in [0.05, 0.1) is 6.54 Å². The Morgan fingerprint density at radius 1 is 1.18 bits per heavy atom. The molecular formula is C17H25N3O2. The van der Waals surface area contributed by atoms with Crippen LogP contribution in [0.5, 0.6) is 0 Å². The Labute approximate surface area is 132 Å².